The second kappa shape index (κ2) is 7.88. The lowest BCUT2D eigenvalue weighted by molar-refractivity contribution is -0.116. The summed E-state index contributed by atoms with van der Waals surface area (Å²) in [5.41, 5.74) is 2.92. The third-order valence-electron chi connectivity index (χ3n) is 3.51. The van der Waals surface area contributed by atoms with E-state index >= 15 is 0 Å². The molecule has 26 heavy (non-hydrogen) atoms. The molecule has 2 aromatic carbocycles. The van der Waals surface area contributed by atoms with Gasteiger partial charge in [0.1, 0.15) is 5.82 Å². The fraction of sp³-hybridized carbons (Fsp3) is 0.105. The number of benzene rings is 2. The minimum atomic E-state index is -0.366. The summed E-state index contributed by atoms with van der Waals surface area (Å²) < 4.78 is 13.2. The summed E-state index contributed by atoms with van der Waals surface area (Å²) in [4.78, 5) is 27.5. The molecule has 0 saturated carbocycles. The van der Waals surface area contributed by atoms with Gasteiger partial charge < -0.3 is 10.6 Å². The van der Waals surface area contributed by atoms with Crippen LogP contribution < -0.4 is 10.6 Å². The quantitative estimate of drug-likeness (QED) is 0.712. The Morgan fingerprint density at radius 2 is 1.88 bits per heavy atom. The van der Waals surface area contributed by atoms with Gasteiger partial charge in [-0.2, -0.15) is 0 Å². The molecule has 0 bridgehead atoms. The van der Waals surface area contributed by atoms with Crippen molar-refractivity contribution in [1.29, 1.82) is 0 Å². The van der Waals surface area contributed by atoms with Crippen LogP contribution in [0.15, 0.2) is 53.9 Å². The van der Waals surface area contributed by atoms with Gasteiger partial charge in [0.15, 0.2) is 5.13 Å². The summed E-state index contributed by atoms with van der Waals surface area (Å²) in [5, 5.41) is 7.75. The molecule has 5 nitrogen and oxygen atoms in total. The van der Waals surface area contributed by atoms with E-state index in [1.54, 1.807) is 24.3 Å². The number of hydrogen-bond acceptors (Lipinski definition) is 4. The fourth-order valence-electron chi connectivity index (χ4n) is 2.39. The van der Waals surface area contributed by atoms with Gasteiger partial charge in [-0.25, -0.2) is 9.37 Å². The van der Waals surface area contributed by atoms with Gasteiger partial charge in [-0.1, -0.05) is 24.3 Å². The summed E-state index contributed by atoms with van der Waals surface area (Å²) in [6.45, 7) is 1.45. The van der Waals surface area contributed by atoms with E-state index in [2.05, 4.69) is 15.6 Å². The number of nitrogens with one attached hydrogen (secondary N) is 2. The number of carbonyl (C=O) groups is 2. The molecule has 2 amide bonds. The van der Waals surface area contributed by atoms with Crippen LogP contribution in [0.2, 0.25) is 0 Å². The maximum atomic E-state index is 13.2. The molecular weight excluding hydrogens is 353 g/mol. The minimum Gasteiger partial charge on any atom is -0.326 e. The van der Waals surface area contributed by atoms with Gasteiger partial charge in [0.2, 0.25) is 11.8 Å². The smallest absolute Gasteiger partial charge is 0.230 e. The monoisotopic (exact) mass is 369 g/mol. The van der Waals surface area contributed by atoms with Crippen LogP contribution in [0, 0.1) is 5.82 Å². The van der Waals surface area contributed by atoms with Crippen molar-refractivity contribution < 1.29 is 14.0 Å². The topological polar surface area (TPSA) is 71.1 Å². The highest BCUT2D eigenvalue weighted by molar-refractivity contribution is 7.14. The summed E-state index contributed by atoms with van der Waals surface area (Å²) in [5.74, 6) is -0.748. The maximum absolute atomic E-state index is 13.2. The molecule has 0 aliphatic carbocycles. The van der Waals surface area contributed by atoms with E-state index in [4.69, 9.17) is 0 Å². The van der Waals surface area contributed by atoms with Crippen molar-refractivity contribution in [3.63, 3.8) is 0 Å². The van der Waals surface area contributed by atoms with E-state index in [0.29, 0.717) is 16.4 Å². The number of carbonyl (C=O) groups excluding carboxylic acids is 2. The third kappa shape index (κ3) is 4.73. The summed E-state index contributed by atoms with van der Waals surface area (Å²) in [7, 11) is 0. The Morgan fingerprint density at radius 1 is 1.12 bits per heavy atom. The SMILES string of the molecule is CC(=O)Nc1ccc(-c2csc(NC(=O)Cc3cccc(F)c3)n2)cc1. The molecular formula is C19H16FN3O2S. The van der Waals surface area contributed by atoms with Crippen LogP contribution in [0.4, 0.5) is 15.2 Å². The van der Waals surface area contributed by atoms with E-state index in [1.807, 2.05) is 17.5 Å². The molecule has 3 aromatic rings. The van der Waals surface area contributed by atoms with Crippen LogP contribution in [-0.2, 0) is 16.0 Å². The predicted octanol–water partition coefficient (Wildman–Crippen LogP) is 4.09. The van der Waals surface area contributed by atoms with E-state index in [0.717, 1.165) is 11.3 Å². The molecule has 0 fully saturated rings. The van der Waals surface area contributed by atoms with Crippen molar-refractivity contribution in [2.24, 2.45) is 0 Å². The van der Waals surface area contributed by atoms with Crippen LogP contribution in [0.25, 0.3) is 11.3 Å². The Labute approximate surface area is 153 Å². The predicted molar refractivity (Wildman–Crippen MR) is 101 cm³/mol. The molecule has 0 unspecified atom stereocenters. The molecule has 0 aliphatic rings. The van der Waals surface area contributed by atoms with Crippen molar-refractivity contribution in [2.75, 3.05) is 10.6 Å². The Balaban J connectivity index is 1.64. The highest BCUT2D eigenvalue weighted by Crippen LogP contribution is 2.26. The lowest BCUT2D eigenvalue weighted by Crippen LogP contribution is -2.14. The molecule has 0 aliphatic heterocycles. The van der Waals surface area contributed by atoms with Crippen LogP contribution >= 0.6 is 11.3 Å². The van der Waals surface area contributed by atoms with E-state index < -0.39 is 0 Å². The van der Waals surface area contributed by atoms with Crippen molar-refractivity contribution in [2.45, 2.75) is 13.3 Å². The first-order chi connectivity index (χ1) is 12.5. The van der Waals surface area contributed by atoms with Gasteiger partial charge in [0.05, 0.1) is 12.1 Å². The number of aromatic nitrogens is 1. The average molecular weight is 369 g/mol. The Morgan fingerprint density at radius 3 is 2.58 bits per heavy atom. The van der Waals surface area contributed by atoms with Crippen molar-refractivity contribution in [3.8, 4) is 11.3 Å². The van der Waals surface area contributed by atoms with Gasteiger partial charge in [0.25, 0.3) is 0 Å². The van der Waals surface area contributed by atoms with Crippen molar-refractivity contribution >= 4 is 34.0 Å². The zero-order chi connectivity index (χ0) is 18.5. The first-order valence-corrected chi connectivity index (χ1v) is 8.75. The normalized spacial score (nSPS) is 10.4. The average Bonchev–Trinajstić information content (AvgIpc) is 3.03. The van der Waals surface area contributed by atoms with Crippen LogP contribution in [-0.4, -0.2) is 16.8 Å². The summed E-state index contributed by atoms with van der Waals surface area (Å²) in [6.07, 6.45) is 0.0814. The number of hydrogen-bond donors (Lipinski definition) is 2. The number of anilines is 2. The van der Waals surface area contributed by atoms with Crippen molar-refractivity contribution in [3.05, 3.63) is 65.3 Å². The summed E-state index contributed by atoms with van der Waals surface area (Å²) in [6, 6.07) is 13.2. The molecule has 0 atom stereocenters. The lowest BCUT2D eigenvalue weighted by atomic mass is 10.1. The summed E-state index contributed by atoms with van der Waals surface area (Å²) >= 11 is 1.31. The highest BCUT2D eigenvalue weighted by Gasteiger charge is 2.09. The number of nitrogens with zero attached hydrogens (tertiary/aromatic N) is 1. The second-order valence-electron chi connectivity index (χ2n) is 5.65. The Kier molecular flexibility index (Phi) is 5.38. The molecule has 0 radical (unpaired) electrons. The number of amides is 2. The van der Waals surface area contributed by atoms with Gasteiger partial charge in [-0.05, 0) is 29.8 Å². The molecule has 132 valence electrons. The molecule has 1 heterocycles. The van der Waals surface area contributed by atoms with Gasteiger partial charge in [-0.15, -0.1) is 11.3 Å². The van der Waals surface area contributed by atoms with Crippen LogP contribution in [0.5, 0.6) is 0 Å². The highest BCUT2D eigenvalue weighted by atomic mass is 32.1. The van der Waals surface area contributed by atoms with E-state index in [-0.39, 0.29) is 24.1 Å². The maximum Gasteiger partial charge on any atom is 0.230 e. The van der Waals surface area contributed by atoms with Crippen molar-refractivity contribution in [1.82, 2.24) is 4.98 Å². The zero-order valence-corrected chi connectivity index (χ0v) is 14.8. The third-order valence-corrected chi connectivity index (χ3v) is 4.26. The van der Waals surface area contributed by atoms with E-state index in [9.17, 15) is 14.0 Å². The standard InChI is InChI=1S/C19H16FN3O2S/c1-12(24)21-16-7-5-14(6-8-16)17-11-26-19(22-17)23-18(25)10-13-3-2-4-15(20)9-13/h2-9,11H,10H2,1H3,(H,21,24)(H,22,23,25). The van der Waals surface area contributed by atoms with E-state index in [1.165, 1.54) is 30.4 Å². The molecule has 1 aromatic heterocycles. The van der Waals surface area contributed by atoms with Gasteiger partial charge >= 0.3 is 0 Å². The number of halogens is 1. The van der Waals surface area contributed by atoms with Gasteiger partial charge in [-0.3, -0.25) is 9.59 Å². The zero-order valence-electron chi connectivity index (χ0n) is 14.0. The largest absolute Gasteiger partial charge is 0.326 e. The second-order valence-corrected chi connectivity index (χ2v) is 6.51. The first kappa shape index (κ1) is 17.8. The Hall–Kier alpha value is -3.06. The fourth-order valence-corrected chi connectivity index (χ4v) is 3.12. The minimum absolute atomic E-state index is 0.0814. The molecule has 0 spiro atoms. The van der Waals surface area contributed by atoms with Crippen LogP contribution in [0.1, 0.15) is 12.5 Å². The molecule has 3 rings (SSSR count). The number of thiazole rings is 1. The number of rotatable bonds is 5. The molecule has 0 saturated heterocycles. The van der Waals surface area contributed by atoms with Crippen LogP contribution in [0.3, 0.4) is 0 Å². The Bertz CT molecular complexity index is 938. The first-order valence-electron chi connectivity index (χ1n) is 7.87. The molecule has 2 N–H and O–H groups in total. The molecule has 7 heteroatoms. The van der Waals surface area contributed by atoms with Gasteiger partial charge in [0, 0.05) is 23.6 Å². The lowest BCUT2D eigenvalue weighted by Gasteiger charge is -2.03.